The number of carboxylic acids is 1. The lowest BCUT2D eigenvalue weighted by Gasteiger charge is -2.35. The molecule has 0 aromatic rings. The number of aliphatic carboxylic acids is 1. The van der Waals surface area contributed by atoms with Crippen molar-refractivity contribution in [3.05, 3.63) is 0 Å². The molecule has 3 rings (SSSR count). The van der Waals surface area contributed by atoms with Crippen molar-refractivity contribution in [2.24, 2.45) is 23.7 Å². The lowest BCUT2D eigenvalue weighted by atomic mass is 9.87. The van der Waals surface area contributed by atoms with E-state index in [9.17, 15) is 4.79 Å². The van der Waals surface area contributed by atoms with Crippen LogP contribution in [0.5, 0.6) is 0 Å². The largest absolute Gasteiger partial charge is 0.481 e. The Hall–Kier alpha value is -0.570. The van der Waals surface area contributed by atoms with Crippen molar-refractivity contribution >= 4 is 5.97 Å². The van der Waals surface area contributed by atoms with Crippen molar-refractivity contribution < 1.29 is 9.90 Å². The summed E-state index contributed by atoms with van der Waals surface area (Å²) in [6.07, 6.45) is 8.54. The minimum absolute atomic E-state index is 0.368. The quantitative estimate of drug-likeness (QED) is 0.835. The maximum Gasteiger partial charge on any atom is 0.303 e. The Labute approximate surface area is 110 Å². The van der Waals surface area contributed by atoms with Gasteiger partial charge in [-0.05, 0) is 62.3 Å². The third-order valence-electron chi connectivity index (χ3n) is 5.44. The van der Waals surface area contributed by atoms with Crippen LogP contribution in [0.15, 0.2) is 0 Å². The highest BCUT2D eigenvalue weighted by Crippen LogP contribution is 2.48. The molecule has 1 saturated heterocycles. The van der Waals surface area contributed by atoms with Crippen LogP contribution in [0.1, 0.15) is 44.9 Å². The Bertz CT molecular complexity index is 318. The van der Waals surface area contributed by atoms with Gasteiger partial charge in [-0.15, -0.1) is 0 Å². The van der Waals surface area contributed by atoms with E-state index in [-0.39, 0.29) is 0 Å². The zero-order valence-corrected chi connectivity index (χ0v) is 11.2. The first-order valence-electron chi connectivity index (χ1n) is 7.65. The highest BCUT2D eigenvalue weighted by Gasteiger charge is 2.40. The number of rotatable bonds is 4. The van der Waals surface area contributed by atoms with Gasteiger partial charge >= 0.3 is 5.97 Å². The normalized spacial score (nSPS) is 40.2. The third-order valence-corrected chi connectivity index (χ3v) is 5.44. The van der Waals surface area contributed by atoms with E-state index in [1.807, 2.05) is 0 Å². The van der Waals surface area contributed by atoms with Crippen LogP contribution in [0.4, 0.5) is 0 Å². The first kappa shape index (κ1) is 12.5. The van der Waals surface area contributed by atoms with E-state index in [2.05, 4.69) is 4.90 Å². The van der Waals surface area contributed by atoms with Gasteiger partial charge in [-0.2, -0.15) is 0 Å². The van der Waals surface area contributed by atoms with Gasteiger partial charge in [0.25, 0.3) is 0 Å². The van der Waals surface area contributed by atoms with Gasteiger partial charge in [-0.1, -0.05) is 6.42 Å². The minimum Gasteiger partial charge on any atom is -0.481 e. The number of likely N-dealkylation sites (tertiary alicyclic amines) is 1. The van der Waals surface area contributed by atoms with Crippen LogP contribution in [0.25, 0.3) is 0 Å². The Balaban J connectivity index is 1.49. The Morgan fingerprint density at radius 1 is 1.22 bits per heavy atom. The summed E-state index contributed by atoms with van der Waals surface area (Å²) >= 11 is 0. The monoisotopic (exact) mass is 251 g/mol. The van der Waals surface area contributed by atoms with Crippen molar-refractivity contribution in [2.45, 2.75) is 44.9 Å². The van der Waals surface area contributed by atoms with E-state index in [0.717, 1.165) is 30.7 Å². The number of fused-ring (bicyclic) bond motifs is 2. The molecule has 2 saturated carbocycles. The van der Waals surface area contributed by atoms with Crippen molar-refractivity contribution in [3.63, 3.8) is 0 Å². The molecule has 2 bridgehead atoms. The first-order valence-corrected chi connectivity index (χ1v) is 7.65. The summed E-state index contributed by atoms with van der Waals surface area (Å²) in [6, 6.07) is 0. The molecule has 0 radical (unpaired) electrons. The van der Waals surface area contributed by atoms with E-state index < -0.39 is 5.97 Å². The molecule has 1 aliphatic heterocycles. The van der Waals surface area contributed by atoms with Crippen molar-refractivity contribution in [1.82, 2.24) is 4.90 Å². The Morgan fingerprint density at radius 3 is 2.78 bits per heavy atom. The number of piperidine rings is 1. The number of carboxylic acid groups (broad SMARTS) is 1. The van der Waals surface area contributed by atoms with Crippen molar-refractivity contribution in [2.75, 3.05) is 19.6 Å². The molecular formula is C15H25NO2. The molecule has 0 aromatic heterocycles. The molecule has 102 valence electrons. The fourth-order valence-corrected chi connectivity index (χ4v) is 4.66. The fourth-order valence-electron chi connectivity index (χ4n) is 4.66. The Morgan fingerprint density at radius 2 is 2.11 bits per heavy atom. The highest BCUT2D eigenvalue weighted by atomic mass is 16.4. The molecule has 3 nitrogen and oxygen atoms in total. The molecule has 18 heavy (non-hydrogen) atoms. The minimum atomic E-state index is -0.623. The first-order chi connectivity index (χ1) is 8.70. The summed E-state index contributed by atoms with van der Waals surface area (Å²) in [5.41, 5.74) is 0. The van der Waals surface area contributed by atoms with E-state index in [4.69, 9.17) is 5.11 Å². The van der Waals surface area contributed by atoms with Crippen LogP contribution in [-0.4, -0.2) is 35.6 Å². The topological polar surface area (TPSA) is 40.5 Å². The zero-order chi connectivity index (χ0) is 12.5. The lowest BCUT2D eigenvalue weighted by Crippen LogP contribution is -2.40. The molecule has 4 atom stereocenters. The molecule has 0 aromatic carbocycles. The van der Waals surface area contributed by atoms with Crippen molar-refractivity contribution in [3.8, 4) is 0 Å². The Kier molecular flexibility index (Phi) is 3.60. The van der Waals surface area contributed by atoms with Crippen LogP contribution in [-0.2, 0) is 4.79 Å². The second kappa shape index (κ2) is 5.20. The summed E-state index contributed by atoms with van der Waals surface area (Å²) in [7, 11) is 0. The van der Waals surface area contributed by atoms with Gasteiger partial charge in [0.1, 0.15) is 0 Å². The third kappa shape index (κ3) is 2.71. The van der Waals surface area contributed by atoms with Gasteiger partial charge in [-0.3, -0.25) is 4.79 Å². The molecular weight excluding hydrogens is 226 g/mol. The van der Waals surface area contributed by atoms with E-state index in [1.165, 1.54) is 45.2 Å². The SMILES string of the molecule is O=C(O)CC1CCCN(CC2CC3CCC2C3)C1. The predicted octanol–water partition coefficient (Wildman–Crippen LogP) is 2.61. The maximum absolute atomic E-state index is 10.8. The summed E-state index contributed by atoms with van der Waals surface area (Å²) in [5, 5.41) is 8.90. The van der Waals surface area contributed by atoms with Crippen LogP contribution in [0.3, 0.4) is 0 Å². The van der Waals surface area contributed by atoms with Crippen molar-refractivity contribution in [1.29, 1.82) is 0 Å². The smallest absolute Gasteiger partial charge is 0.303 e. The van der Waals surface area contributed by atoms with E-state index in [1.54, 1.807) is 0 Å². The van der Waals surface area contributed by atoms with E-state index in [0.29, 0.717) is 12.3 Å². The fraction of sp³-hybridized carbons (Fsp3) is 0.933. The van der Waals surface area contributed by atoms with Gasteiger partial charge in [-0.25, -0.2) is 0 Å². The van der Waals surface area contributed by atoms with Gasteiger partial charge in [0.05, 0.1) is 0 Å². The molecule has 3 fully saturated rings. The second-order valence-corrected chi connectivity index (χ2v) is 6.80. The molecule has 0 amide bonds. The predicted molar refractivity (Wildman–Crippen MR) is 70.4 cm³/mol. The average molecular weight is 251 g/mol. The molecule has 4 unspecified atom stereocenters. The van der Waals surface area contributed by atoms with E-state index >= 15 is 0 Å². The van der Waals surface area contributed by atoms with Crippen LogP contribution >= 0.6 is 0 Å². The van der Waals surface area contributed by atoms with Crippen LogP contribution in [0.2, 0.25) is 0 Å². The van der Waals surface area contributed by atoms with Gasteiger partial charge in [0.2, 0.25) is 0 Å². The second-order valence-electron chi connectivity index (χ2n) is 6.80. The zero-order valence-electron chi connectivity index (χ0n) is 11.2. The summed E-state index contributed by atoms with van der Waals surface area (Å²) in [6.45, 7) is 3.47. The van der Waals surface area contributed by atoms with Gasteiger partial charge < -0.3 is 10.0 Å². The van der Waals surface area contributed by atoms with Crippen LogP contribution in [0, 0.1) is 23.7 Å². The molecule has 3 aliphatic rings. The number of hydrogen-bond acceptors (Lipinski definition) is 2. The molecule has 1 N–H and O–H groups in total. The summed E-state index contributed by atoms with van der Waals surface area (Å²) < 4.78 is 0. The maximum atomic E-state index is 10.8. The average Bonchev–Trinajstić information content (AvgIpc) is 2.90. The molecule has 2 aliphatic carbocycles. The standard InChI is InChI=1S/C15H25NO2/c17-15(18)8-12-2-1-5-16(9-12)10-14-7-11-3-4-13(14)6-11/h11-14H,1-10H2,(H,17,18). The molecule has 3 heteroatoms. The number of hydrogen-bond donors (Lipinski definition) is 1. The summed E-state index contributed by atoms with van der Waals surface area (Å²) in [4.78, 5) is 13.4. The van der Waals surface area contributed by atoms with Gasteiger partial charge in [0.15, 0.2) is 0 Å². The lowest BCUT2D eigenvalue weighted by molar-refractivity contribution is -0.138. The molecule has 0 spiro atoms. The highest BCUT2D eigenvalue weighted by molar-refractivity contribution is 5.67. The molecule has 1 heterocycles. The number of carbonyl (C=O) groups is 1. The van der Waals surface area contributed by atoms with Crippen LogP contribution < -0.4 is 0 Å². The van der Waals surface area contributed by atoms with Gasteiger partial charge in [0, 0.05) is 19.5 Å². The summed E-state index contributed by atoms with van der Waals surface area (Å²) in [5.74, 6) is 2.72. The number of nitrogens with zero attached hydrogens (tertiary/aromatic N) is 1.